The average Bonchev–Trinajstić information content (AvgIpc) is 4.03. The Balaban J connectivity index is 0.000000496. The Hall–Kier alpha value is 0.835. The third-order valence-electron chi connectivity index (χ3n) is 10.7. The number of hydrogen-bond donors (Lipinski definition) is 0. The molecule has 0 N–H and O–H groups in total. The van der Waals surface area contributed by atoms with Crippen molar-refractivity contribution in [2.24, 2.45) is 0 Å². The predicted molar refractivity (Wildman–Crippen MR) is 277 cm³/mol. The van der Waals surface area contributed by atoms with E-state index in [1.165, 1.54) is 49.3 Å². The lowest BCUT2D eigenvalue weighted by Gasteiger charge is -2.29. The summed E-state index contributed by atoms with van der Waals surface area (Å²) in [6, 6.07) is -4.24. The third kappa shape index (κ3) is 30.3. The van der Waals surface area contributed by atoms with Gasteiger partial charge in [0, 0.05) is 94.4 Å². The maximum Gasteiger partial charge on any atom is 0.147 e. The standard InChI is InChI=1S/C10H20BO7P.C8H16BO6P.2C7H13BFO5P.C7H14BO4PS/c1-14-4-5-16-9-8(18-19(3,12)13)7(6-15-2)17-10(9)11;1-12-4-5-6(15-16(3,10)11)7(13-2)8(9)14-5;2*1-12-3-4-6(14-15(2,10)11)5(9)7(8)13-4;1-10-4-6-5(3-7(8)11-6)12-13(2,9)14/h7-10H,4-6H2,1-3H3,(H,12,13);5-8H,4H2,1-3H3,(H,10,11);2*4-7H,3H2,1-2H3,(H,10,11);5-7H,3-4H2,1-2H3,(H,9,14)/p-5/t7-,8+,9?,10-;5-,6+,7?,8-;2*4-,5?,6+,7-;5-,6-,7-,13?/m11111/s1. The fraction of sp³-hybridized carbons (Fsp3) is 1.00. The van der Waals surface area contributed by atoms with Gasteiger partial charge in [-0.15, -0.1) is 0 Å². The Bertz CT molecular complexity index is 1900. The zero-order valence-electron chi connectivity index (χ0n) is 45.9. The van der Waals surface area contributed by atoms with Gasteiger partial charge >= 0.3 is 0 Å². The second-order valence-corrected chi connectivity index (χ2v) is 28.7. The molecule has 0 aromatic carbocycles. The van der Waals surface area contributed by atoms with Crippen molar-refractivity contribution in [2.75, 3.05) is 129 Å². The highest BCUT2D eigenvalue weighted by Crippen LogP contribution is 2.43. The van der Waals surface area contributed by atoms with Crippen molar-refractivity contribution in [1.29, 1.82) is 0 Å². The van der Waals surface area contributed by atoms with Crippen LogP contribution in [0.5, 0.6) is 0 Å². The highest BCUT2D eigenvalue weighted by atomic mass is 32.5. The van der Waals surface area contributed by atoms with Crippen molar-refractivity contribution < 1.29 is 136 Å². The number of alkyl halides is 2. The average molecular weight is 1250 g/mol. The first-order valence-electron chi connectivity index (χ1n) is 23.7. The van der Waals surface area contributed by atoms with Gasteiger partial charge in [0.15, 0.2) is 0 Å². The van der Waals surface area contributed by atoms with Crippen LogP contribution in [0.15, 0.2) is 0 Å². The molecular weight excluding hydrogens is 1180 g/mol. The number of hydrogen-bond acceptors (Lipinski definition) is 28. The quantitative estimate of drug-likeness (QED) is 0.0491. The van der Waals surface area contributed by atoms with Crippen LogP contribution in [0.2, 0.25) is 0 Å². The van der Waals surface area contributed by atoms with Gasteiger partial charge in [0.05, 0.1) is 64.4 Å². The summed E-state index contributed by atoms with van der Waals surface area (Å²) in [5.41, 5.74) is 0. The molecule has 5 fully saturated rings. The van der Waals surface area contributed by atoms with Gasteiger partial charge in [0.1, 0.15) is 149 Å². The molecule has 5 saturated heterocycles. The number of halogens is 2. The van der Waals surface area contributed by atoms with Crippen LogP contribution in [-0.4, -0.2) is 284 Å². The lowest BCUT2D eigenvalue weighted by Crippen LogP contribution is -2.39. The van der Waals surface area contributed by atoms with E-state index in [0.717, 1.165) is 26.7 Å². The van der Waals surface area contributed by atoms with Crippen LogP contribution < -0.4 is 24.5 Å². The Morgan fingerprint density at radius 1 is 0.443 bits per heavy atom. The Morgan fingerprint density at radius 2 is 0.759 bits per heavy atom. The number of ether oxygens (including phenoxy) is 13. The van der Waals surface area contributed by atoms with Gasteiger partial charge in [0.2, 0.25) is 0 Å². The Kier molecular flexibility index (Phi) is 36.3. The van der Waals surface area contributed by atoms with Crippen LogP contribution in [0.1, 0.15) is 6.42 Å². The minimum absolute atomic E-state index is 0.0266. The fourth-order valence-corrected chi connectivity index (χ4v) is 11.6. The Labute approximate surface area is 473 Å². The van der Waals surface area contributed by atoms with Crippen molar-refractivity contribution in [3.05, 3.63) is 0 Å². The van der Waals surface area contributed by atoms with Gasteiger partial charge in [-0.3, -0.25) is 0 Å². The van der Waals surface area contributed by atoms with E-state index in [9.17, 15) is 51.5 Å². The van der Waals surface area contributed by atoms with Crippen molar-refractivity contribution >= 4 is 87.9 Å². The molecule has 0 aliphatic carbocycles. The number of methoxy groups -OCH3 is 7. The minimum Gasteiger partial charge on any atom is -0.801 e. The van der Waals surface area contributed by atoms with Gasteiger partial charge in [-0.2, -0.15) is 0 Å². The molecule has 5 aliphatic rings. The van der Waals surface area contributed by atoms with E-state index < -0.39 is 134 Å². The summed E-state index contributed by atoms with van der Waals surface area (Å²) in [5.74, 6) is 0. The van der Waals surface area contributed by atoms with Crippen molar-refractivity contribution in [3.63, 3.8) is 0 Å². The summed E-state index contributed by atoms with van der Waals surface area (Å²) in [6.07, 6.45) is -11.5. The van der Waals surface area contributed by atoms with Gasteiger partial charge in [0.25, 0.3) is 0 Å². The van der Waals surface area contributed by atoms with E-state index in [1.54, 1.807) is 7.11 Å². The summed E-state index contributed by atoms with van der Waals surface area (Å²) >= 11 is 4.69. The summed E-state index contributed by atoms with van der Waals surface area (Å²) < 4.78 is 161. The molecule has 5 rings (SSSR count). The molecule has 9 unspecified atom stereocenters. The second kappa shape index (κ2) is 36.9. The molecule has 79 heavy (non-hydrogen) atoms. The van der Waals surface area contributed by atoms with Crippen LogP contribution >= 0.6 is 36.9 Å². The molecular formula is C39H71B5F2O27P5S-5. The largest absolute Gasteiger partial charge is 0.801 e. The SMILES string of the molecule is [B][C@@H]1O[C@H](COC)[C@H](OP(C)(=O)[O-])C1F.[B][C@@H]1O[C@H](COC)[C@H](OP(C)(=O)[O-])C1F.[B][C@@H]1O[C@H](COC)[C@H](OP(C)(=O)[O-])C1OC.[B][C@@H]1O[C@H](COC)[C@H](OP(C)(=O)[O-])C1OCCOC.[B][C@H]1C[C@@H](OP(C)([O-])=S)[C@@H](COC)O1. The molecule has 27 nitrogen and oxygen atoms in total. The van der Waals surface area contributed by atoms with Crippen LogP contribution in [0.25, 0.3) is 0 Å². The first-order chi connectivity index (χ1) is 36.4. The lowest BCUT2D eigenvalue weighted by molar-refractivity contribution is -0.206. The Morgan fingerprint density at radius 3 is 1.09 bits per heavy atom. The molecule has 5 aliphatic heterocycles. The first kappa shape index (κ1) is 77.8. The molecule has 0 bridgehead atoms. The molecule has 40 heteroatoms. The van der Waals surface area contributed by atoms with Gasteiger partial charge in [-0.05, 0) is 19.6 Å². The summed E-state index contributed by atoms with van der Waals surface area (Å²) in [5, 5.41) is 0. The van der Waals surface area contributed by atoms with E-state index in [2.05, 4.69) is 9.05 Å². The number of rotatable bonds is 25. The molecule has 10 radical (unpaired) electrons. The fourth-order valence-electron chi connectivity index (χ4n) is 7.73. The first-order valence-corrected chi connectivity index (χ1v) is 34.7. The minimum atomic E-state index is -4.02. The van der Waals surface area contributed by atoms with Crippen LogP contribution in [0.4, 0.5) is 8.78 Å². The highest BCUT2D eigenvalue weighted by Gasteiger charge is 2.47. The van der Waals surface area contributed by atoms with Crippen LogP contribution in [0.3, 0.4) is 0 Å². The maximum absolute atomic E-state index is 13.4. The zero-order valence-corrected chi connectivity index (χ0v) is 51.2. The normalized spacial score (nSPS) is 37.9. The van der Waals surface area contributed by atoms with E-state index in [-0.39, 0.29) is 51.2 Å². The monoisotopic (exact) mass is 1250 g/mol. The highest BCUT2D eigenvalue weighted by molar-refractivity contribution is 8.08. The molecule has 24 atom stereocenters. The van der Waals surface area contributed by atoms with Gasteiger partial charge < -0.3 is 127 Å². The molecule has 0 aromatic rings. The van der Waals surface area contributed by atoms with Crippen molar-refractivity contribution in [2.45, 2.75) is 122 Å². The van der Waals surface area contributed by atoms with Crippen LogP contribution in [-0.2, 0) is 114 Å². The molecule has 0 amide bonds. The van der Waals surface area contributed by atoms with Crippen LogP contribution in [0, 0.1) is 0 Å². The lowest BCUT2D eigenvalue weighted by atomic mass is 9.93. The maximum atomic E-state index is 13.4. The predicted octanol–water partition coefficient (Wildman–Crippen LogP) is -3.30. The topological polar surface area (TPSA) is 350 Å². The van der Waals surface area contributed by atoms with E-state index in [0.29, 0.717) is 19.6 Å². The van der Waals surface area contributed by atoms with Gasteiger partial charge in [-0.1, -0.05) is 11.8 Å². The summed E-state index contributed by atoms with van der Waals surface area (Å²) in [6.45, 7) is 3.63. The summed E-state index contributed by atoms with van der Waals surface area (Å²) in [7, 11) is 22.0. The molecule has 454 valence electrons. The summed E-state index contributed by atoms with van der Waals surface area (Å²) in [4.78, 5) is 55.5. The molecule has 0 spiro atoms. The third-order valence-corrected chi connectivity index (χ3v) is 14.1. The van der Waals surface area contributed by atoms with E-state index >= 15 is 0 Å². The second-order valence-electron chi connectivity index (χ2n) is 18.0. The molecule has 0 saturated carbocycles. The smallest absolute Gasteiger partial charge is 0.147 e. The zero-order chi connectivity index (χ0) is 60.9. The van der Waals surface area contributed by atoms with E-state index in [1.807, 2.05) is 0 Å². The van der Waals surface area contributed by atoms with Crippen molar-refractivity contribution in [3.8, 4) is 0 Å². The van der Waals surface area contributed by atoms with Gasteiger partial charge in [-0.25, -0.2) is 8.78 Å². The van der Waals surface area contributed by atoms with Crippen molar-refractivity contribution in [1.82, 2.24) is 0 Å². The van der Waals surface area contributed by atoms with E-state index in [4.69, 9.17) is 126 Å². The molecule has 5 heterocycles. The molecule has 0 aromatic heterocycles.